The summed E-state index contributed by atoms with van der Waals surface area (Å²) in [7, 11) is 0. The normalized spacial score (nSPS) is 9.92. The molecule has 0 N–H and O–H groups in total. The van der Waals surface area contributed by atoms with Gasteiger partial charge in [-0.3, -0.25) is 0 Å². The van der Waals surface area contributed by atoms with E-state index in [1.165, 1.54) is 11.1 Å². The highest BCUT2D eigenvalue weighted by molar-refractivity contribution is 5.22. The minimum atomic E-state index is 0.621. The van der Waals surface area contributed by atoms with Crippen molar-refractivity contribution in [1.82, 2.24) is 0 Å². The summed E-state index contributed by atoms with van der Waals surface area (Å²) in [6, 6.07) is 8.48. The van der Waals surface area contributed by atoms with Crippen molar-refractivity contribution < 1.29 is 4.74 Å². The first-order chi connectivity index (χ1) is 6.36. The first-order valence-electron chi connectivity index (χ1n) is 4.63. The average molecular weight is 176 g/mol. The van der Waals surface area contributed by atoms with Gasteiger partial charge in [-0.1, -0.05) is 37.3 Å². The Kier molecular flexibility index (Phi) is 4.27. The van der Waals surface area contributed by atoms with Gasteiger partial charge < -0.3 is 4.74 Å². The quantitative estimate of drug-likeness (QED) is 0.495. The molecule has 0 radical (unpaired) electrons. The number of aryl methyl sites for hydroxylation is 1. The first-order valence-corrected chi connectivity index (χ1v) is 4.63. The van der Waals surface area contributed by atoms with Gasteiger partial charge in [0.2, 0.25) is 0 Å². The zero-order chi connectivity index (χ0) is 9.52. The van der Waals surface area contributed by atoms with Crippen molar-refractivity contribution in [1.29, 1.82) is 0 Å². The monoisotopic (exact) mass is 176 g/mol. The van der Waals surface area contributed by atoms with E-state index in [-0.39, 0.29) is 0 Å². The van der Waals surface area contributed by atoms with Gasteiger partial charge in [-0.05, 0) is 17.5 Å². The molecular weight excluding hydrogens is 160 g/mol. The Labute approximate surface area is 80.0 Å². The largest absolute Gasteiger partial charge is 0.373 e. The van der Waals surface area contributed by atoms with Crippen LogP contribution in [-0.4, -0.2) is 6.61 Å². The molecule has 0 atom stereocenters. The molecule has 1 nitrogen and oxygen atoms in total. The minimum absolute atomic E-state index is 0.621. The van der Waals surface area contributed by atoms with Crippen LogP contribution in [0, 0.1) is 0 Å². The van der Waals surface area contributed by atoms with Gasteiger partial charge in [0.25, 0.3) is 0 Å². The average Bonchev–Trinajstić information content (AvgIpc) is 2.19. The van der Waals surface area contributed by atoms with Gasteiger partial charge >= 0.3 is 0 Å². The Balaban J connectivity index is 2.50. The second kappa shape index (κ2) is 5.55. The zero-order valence-electron chi connectivity index (χ0n) is 8.12. The van der Waals surface area contributed by atoms with Crippen molar-refractivity contribution in [2.45, 2.75) is 20.0 Å². The lowest BCUT2D eigenvalue weighted by molar-refractivity contribution is 0.149. The summed E-state index contributed by atoms with van der Waals surface area (Å²) in [5.41, 5.74) is 2.60. The molecule has 1 heteroatoms. The van der Waals surface area contributed by atoms with E-state index in [9.17, 15) is 0 Å². The van der Waals surface area contributed by atoms with Crippen LogP contribution in [0.15, 0.2) is 36.9 Å². The van der Waals surface area contributed by atoms with Gasteiger partial charge in [0, 0.05) is 0 Å². The van der Waals surface area contributed by atoms with Crippen LogP contribution in [0.25, 0.3) is 0 Å². The van der Waals surface area contributed by atoms with Crippen LogP contribution in [0.2, 0.25) is 0 Å². The van der Waals surface area contributed by atoms with Gasteiger partial charge in [-0.2, -0.15) is 0 Å². The Hall–Kier alpha value is -1.08. The lowest BCUT2D eigenvalue weighted by atomic mass is 10.1. The van der Waals surface area contributed by atoms with Crippen molar-refractivity contribution >= 4 is 0 Å². The third-order valence-electron chi connectivity index (χ3n) is 1.90. The van der Waals surface area contributed by atoms with Crippen LogP contribution in [-0.2, 0) is 17.8 Å². The maximum absolute atomic E-state index is 5.35. The SMILES string of the molecule is C=CCOCc1cccc(CC)c1. The topological polar surface area (TPSA) is 9.23 Å². The highest BCUT2D eigenvalue weighted by Crippen LogP contribution is 2.06. The Morgan fingerprint density at radius 1 is 1.38 bits per heavy atom. The Bertz CT molecular complexity index is 266. The van der Waals surface area contributed by atoms with Crippen LogP contribution in [0.5, 0.6) is 0 Å². The number of benzene rings is 1. The number of hydrogen-bond acceptors (Lipinski definition) is 1. The molecule has 1 rings (SSSR count). The standard InChI is InChI=1S/C12H16O/c1-3-8-13-10-12-7-5-6-11(4-2)9-12/h3,5-7,9H,1,4,8,10H2,2H3. The van der Waals surface area contributed by atoms with Gasteiger partial charge in [0.1, 0.15) is 0 Å². The van der Waals surface area contributed by atoms with E-state index in [1.54, 1.807) is 6.08 Å². The molecule has 0 aliphatic carbocycles. The van der Waals surface area contributed by atoms with E-state index in [2.05, 4.69) is 37.8 Å². The van der Waals surface area contributed by atoms with Crippen LogP contribution in [0.3, 0.4) is 0 Å². The van der Waals surface area contributed by atoms with Crippen molar-refractivity contribution in [3.63, 3.8) is 0 Å². The summed E-state index contributed by atoms with van der Waals surface area (Å²) in [5, 5.41) is 0. The second-order valence-corrected chi connectivity index (χ2v) is 2.98. The van der Waals surface area contributed by atoms with E-state index in [0.717, 1.165) is 6.42 Å². The Morgan fingerprint density at radius 2 is 2.15 bits per heavy atom. The summed E-state index contributed by atoms with van der Waals surface area (Å²) in [6.45, 7) is 7.06. The fraction of sp³-hybridized carbons (Fsp3) is 0.333. The van der Waals surface area contributed by atoms with Crippen LogP contribution < -0.4 is 0 Å². The van der Waals surface area contributed by atoms with Gasteiger partial charge in [0.15, 0.2) is 0 Å². The molecule has 0 amide bonds. The fourth-order valence-electron chi connectivity index (χ4n) is 1.20. The van der Waals surface area contributed by atoms with E-state index in [4.69, 9.17) is 4.74 Å². The molecule has 0 unspecified atom stereocenters. The van der Waals surface area contributed by atoms with Crippen molar-refractivity contribution in [2.75, 3.05) is 6.61 Å². The molecule has 70 valence electrons. The zero-order valence-corrected chi connectivity index (χ0v) is 8.12. The van der Waals surface area contributed by atoms with E-state index < -0.39 is 0 Å². The van der Waals surface area contributed by atoms with E-state index in [0.29, 0.717) is 13.2 Å². The summed E-state index contributed by atoms with van der Waals surface area (Å²) < 4.78 is 5.35. The maximum Gasteiger partial charge on any atom is 0.0721 e. The smallest absolute Gasteiger partial charge is 0.0721 e. The predicted octanol–water partition coefficient (Wildman–Crippen LogP) is 2.95. The first kappa shape index (κ1) is 10.0. The summed E-state index contributed by atoms with van der Waals surface area (Å²) in [4.78, 5) is 0. The third kappa shape index (κ3) is 3.43. The lowest BCUT2D eigenvalue weighted by Gasteiger charge is -2.03. The maximum atomic E-state index is 5.35. The highest BCUT2D eigenvalue weighted by Gasteiger charge is 1.93. The summed E-state index contributed by atoms with van der Waals surface area (Å²) >= 11 is 0. The molecule has 0 fully saturated rings. The number of ether oxygens (including phenoxy) is 1. The van der Waals surface area contributed by atoms with Gasteiger partial charge in [0.05, 0.1) is 13.2 Å². The molecule has 0 saturated heterocycles. The molecule has 0 saturated carbocycles. The summed E-state index contributed by atoms with van der Waals surface area (Å²) in [5.74, 6) is 0. The van der Waals surface area contributed by atoms with E-state index in [1.807, 2.05) is 0 Å². The third-order valence-corrected chi connectivity index (χ3v) is 1.90. The second-order valence-electron chi connectivity index (χ2n) is 2.98. The molecule has 0 bridgehead atoms. The molecular formula is C12H16O. The minimum Gasteiger partial charge on any atom is -0.373 e. The molecule has 0 aliphatic heterocycles. The molecule has 1 aromatic carbocycles. The summed E-state index contributed by atoms with van der Waals surface area (Å²) in [6.07, 6.45) is 2.85. The van der Waals surface area contributed by atoms with E-state index >= 15 is 0 Å². The highest BCUT2D eigenvalue weighted by atomic mass is 16.5. The fourth-order valence-corrected chi connectivity index (χ4v) is 1.20. The molecule has 0 spiro atoms. The van der Waals surface area contributed by atoms with Crippen molar-refractivity contribution in [3.8, 4) is 0 Å². The van der Waals surface area contributed by atoms with Gasteiger partial charge in [-0.25, -0.2) is 0 Å². The van der Waals surface area contributed by atoms with Crippen LogP contribution in [0.1, 0.15) is 18.1 Å². The predicted molar refractivity (Wildman–Crippen MR) is 55.7 cm³/mol. The number of rotatable bonds is 5. The van der Waals surface area contributed by atoms with Gasteiger partial charge in [-0.15, -0.1) is 6.58 Å². The van der Waals surface area contributed by atoms with Crippen molar-refractivity contribution in [3.05, 3.63) is 48.0 Å². The number of hydrogen-bond donors (Lipinski definition) is 0. The van der Waals surface area contributed by atoms with Crippen LogP contribution >= 0.6 is 0 Å². The molecule has 0 aliphatic rings. The van der Waals surface area contributed by atoms with Crippen molar-refractivity contribution in [2.24, 2.45) is 0 Å². The Morgan fingerprint density at radius 3 is 2.85 bits per heavy atom. The molecule has 1 aromatic rings. The molecule has 0 heterocycles. The molecule has 13 heavy (non-hydrogen) atoms. The van der Waals surface area contributed by atoms with Crippen LogP contribution in [0.4, 0.5) is 0 Å². The lowest BCUT2D eigenvalue weighted by Crippen LogP contribution is -1.93. The molecule has 0 aromatic heterocycles.